The number of carboxylic acids is 1. The number of rotatable bonds is 5. The van der Waals surface area contributed by atoms with Gasteiger partial charge in [-0.15, -0.1) is 0 Å². The second-order valence-electron chi connectivity index (χ2n) is 4.77. The highest BCUT2D eigenvalue weighted by molar-refractivity contribution is 7.22. The lowest BCUT2D eigenvalue weighted by Gasteiger charge is -2.27. The molecule has 21 heavy (non-hydrogen) atoms. The van der Waals surface area contributed by atoms with Crippen molar-refractivity contribution in [3.8, 4) is 0 Å². The van der Waals surface area contributed by atoms with E-state index in [2.05, 4.69) is 4.98 Å². The smallest absolute Gasteiger partial charge is 0.305 e. The number of hydrogen-bond donors (Lipinski definition) is 2. The highest BCUT2D eigenvalue weighted by Gasteiger charge is 2.22. The number of carbonyl (C=O) groups excluding carboxylic acids is 1. The van der Waals surface area contributed by atoms with Crippen LogP contribution in [0.4, 0.5) is 5.13 Å². The van der Waals surface area contributed by atoms with Gasteiger partial charge in [-0.3, -0.25) is 9.59 Å². The molecule has 0 aliphatic rings. The van der Waals surface area contributed by atoms with Crippen LogP contribution in [0.2, 0.25) is 0 Å². The fraction of sp³-hybridized carbons (Fsp3) is 0.357. The zero-order chi connectivity index (χ0) is 15.6. The number of aliphatic carboxylic acids is 1. The number of nitrogens with zero attached hydrogens (tertiary/aromatic N) is 2. The molecule has 0 spiro atoms. The molecule has 112 valence electrons. The maximum Gasteiger partial charge on any atom is 0.305 e. The molecule has 7 heteroatoms. The molecule has 1 heterocycles. The first-order valence-corrected chi connectivity index (χ1v) is 7.42. The van der Waals surface area contributed by atoms with E-state index in [-0.39, 0.29) is 18.4 Å². The van der Waals surface area contributed by atoms with Crippen molar-refractivity contribution < 1.29 is 14.7 Å². The first kappa shape index (κ1) is 15.2. The maximum atomic E-state index is 12.5. The predicted octanol–water partition coefficient (Wildman–Crippen LogP) is 2.20. The first-order chi connectivity index (χ1) is 9.92. The number of hydrogen-bond acceptors (Lipinski definition) is 5. The molecule has 1 aromatic heterocycles. The third kappa shape index (κ3) is 3.30. The van der Waals surface area contributed by atoms with Crippen molar-refractivity contribution in [2.45, 2.75) is 26.3 Å². The molecule has 6 nitrogen and oxygen atoms in total. The second kappa shape index (κ2) is 6.09. The summed E-state index contributed by atoms with van der Waals surface area (Å²) >= 11 is 1.32. The topological polar surface area (TPSA) is 96.5 Å². The van der Waals surface area contributed by atoms with Crippen molar-refractivity contribution in [1.82, 2.24) is 9.88 Å². The maximum absolute atomic E-state index is 12.5. The molecule has 1 atom stereocenters. The van der Waals surface area contributed by atoms with Crippen molar-refractivity contribution in [3.05, 3.63) is 23.8 Å². The zero-order valence-corrected chi connectivity index (χ0v) is 12.7. The number of aromatic nitrogens is 1. The van der Waals surface area contributed by atoms with Gasteiger partial charge in [0, 0.05) is 18.2 Å². The Hall–Kier alpha value is -2.15. The summed E-state index contributed by atoms with van der Waals surface area (Å²) < 4.78 is 0.847. The molecule has 0 saturated carbocycles. The van der Waals surface area contributed by atoms with E-state index >= 15 is 0 Å². The van der Waals surface area contributed by atoms with Crippen LogP contribution in [0.15, 0.2) is 18.2 Å². The molecule has 1 unspecified atom stereocenters. The van der Waals surface area contributed by atoms with Gasteiger partial charge in [0.25, 0.3) is 5.91 Å². The number of nitrogens with two attached hydrogens (primary N) is 1. The minimum Gasteiger partial charge on any atom is -0.481 e. The Kier molecular flexibility index (Phi) is 4.42. The number of carbonyl (C=O) groups is 2. The summed E-state index contributed by atoms with van der Waals surface area (Å²) in [6.07, 6.45) is -0.0741. The summed E-state index contributed by atoms with van der Waals surface area (Å²) in [4.78, 5) is 29.0. The molecule has 2 aromatic rings. The van der Waals surface area contributed by atoms with E-state index in [4.69, 9.17) is 10.8 Å². The number of amides is 1. The predicted molar refractivity (Wildman–Crippen MR) is 82.5 cm³/mol. The van der Waals surface area contributed by atoms with Gasteiger partial charge < -0.3 is 15.7 Å². The van der Waals surface area contributed by atoms with Gasteiger partial charge in [0.05, 0.1) is 16.6 Å². The summed E-state index contributed by atoms with van der Waals surface area (Å²) in [7, 11) is 0. The Morgan fingerprint density at radius 1 is 1.48 bits per heavy atom. The van der Waals surface area contributed by atoms with Crippen molar-refractivity contribution in [1.29, 1.82) is 0 Å². The third-order valence-electron chi connectivity index (χ3n) is 3.26. The van der Waals surface area contributed by atoms with E-state index in [1.54, 1.807) is 30.0 Å². The molecule has 0 saturated heterocycles. The van der Waals surface area contributed by atoms with E-state index in [1.165, 1.54) is 11.3 Å². The van der Waals surface area contributed by atoms with Crippen LogP contribution in [0.25, 0.3) is 10.2 Å². The van der Waals surface area contributed by atoms with Gasteiger partial charge in [0.15, 0.2) is 5.13 Å². The number of thiazole rings is 1. The molecule has 3 N–H and O–H groups in total. The summed E-state index contributed by atoms with van der Waals surface area (Å²) in [6.45, 7) is 4.02. The molecule has 0 fully saturated rings. The fourth-order valence-electron chi connectivity index (χ4n) is 2.26. The number of anilines is 1. The van der Waals surface area contributed by atoms with Crippen LogP contribution >= 0.6 is 11.3 Å². The zero-order valence-electron chi connectivity index (χ0n) is 11.9. The molecule has 1 amide bonds. The summed E-state index contributed by atoms with van der Waals surface area (Å²) in [5, 5.41) is 9.33. The number of fused-ring (bicyclic) bond motifs is 1. The van der Waals surface area contributed by atoms with E-state index in [9.17, 15) is 9.59 Å². The molecular formula is C14H17N3O3S. The van der Waals surface area contributed by atoms with Gasteiger partial charge in [0.1, 0.15) is 0 Å². The lowest BCUT2D eigenvalue weighted by atomic mass is 10.1. The van der Waals surface area contributed by atoms with Crippen LogP contribution in [-0.2, 0) is 4.79 Å². The van der Waals surface area contributed by atoms with Crippen molar-refractivity contribution in [2.24, 2.45) is 0 Å². The van der Waals surface area contributed by atoms with Gasteiger partial charge in [0.2, 0.25) is 0 Å². The van der Waals surface area contributed by atoms with Crippen LogP contribution in [-0.4, -0.2) is 39.5 Å². The highest BCUT2D eigenvalue weighted by atomic mass is 32.1. The van der Waals surface area contributed by atoms with Gasteiger partial charge in [-0.25, -0.2) is 4.98 Å². The Labute approximate surface area is 126 Å². The number of benzene rings is 1. The average molecular weight is 307 g/mol. The fourth-order valence-corrected chi connectivity index (χ4v) is 3.03. The first-order valence-electron chi connectivity index (χ1n) is 6.61. The van der Waals surface area contributed by atoms with E-state index < -0.39 is 5.97 Å². The van der Waals surface area contributed by atoms with Crippen LogP contribution in [0, 0.1) is 0 Å². The van der Waals surface area contributed by atoms with Crippen LogP contribution in [0.3, 0.4) is 0 Å². The minimum atomic E-state index is -0.917. The van der Waals surface area contributed by atoms with Gasteiger partial charge in [-0.05, 0) is 32.0 Å². The van der Waals surface area contributed by atoms with Crippen molar-refractivity contribution in [2.75, 3.05) is 12.3 Å². The summed E-state index contributed by atoms with van der Waals surface area (Å²) in [5.41, 5.74) is 6.93. The molecule has 0 radical (unpaired) electrons. The minimum absolute atomic E-state index is 0.0741. The van der Waals surface area contributed by atoms with Crippen molar-refractivity contribution in [3.63, 3.8) is 0 Å². The Morgan fingerprint density at radius 3 is 2.81 bits per heavy atom. The van der Waals surface area contributed by atoms with Crippen LogP contribution < -0.4 is 5.73 Å². The summed E-state index contributed by atoms with van der Waals surface area (Å²) in [6, 6.07) is 4.84. The molecule has 0 bridgehead atoms. The monoisotopic (exact) mass is 307 g/mol. The van der Waals surface area contributed by atoms with Gasteiger partial charge in [-0.2, -0.15) is 0 Å². The third-order valence-corrected chi connectivity index (χ3v) is 4.10. The molecule has 0 aliphatic carbocycles. The quantitative estimate of drug-likeness (QED) is 0.882. The largest absolute Gasteiger partial charge is 0.481 e. The van der Waals surface area contributed by atoms with Gasteiger partial charge >= 0.3 is 5.97 Å². The Balaban J connectivity index is 2.28. The number of nitrogen functional groups attached to an aromatic ring is 1. The molecule has 0 aliphatic heterocycles. The highest BCUT2D eigenvalue weighted by Crippen LogP contribution is 2.25. The summed E-state index contributed by atoms with van der Waals surface area (Å²) in [5.74, 6) is -1.10. The van der Waals surface area contributed by atoms with E-state index in [1.807, 2.05) is 6.92 Å². The molecule has 2 rings (SSSR count). The van der Waals surface area contributed by atoms with Gasteiger partial charge in [-0.1, -0.05) is 11.3 Å². The molecule has 1 aromatic carbocycles. The normalized spacial score (nSPS) is 12.3. The molecular weight excluding hydrogens is 290 g/mol. The average Bonchev–Trinajstić information content (AvgIpc) is 2.77. The number of carboxylic acid groups (broad SMARTS) is 1. The van der Waals surface area contributed by atoms with E-state index in [0.717, 1.165) is 10.2 Å². The lowest BCUT2D eigenvalue weighted by molar-refractivity contribution is -0.138. The second-order valence-corrected chi connectivity index (χ2v) is 5.83. The standard InChI is InChI=1S/C14H17N3O3S/c1-3-17(8(2)6-12(18)19)13(20)9-4-5-10-11(7-9)21-14(15)16-10/h4-5,7-8H,3,6H2,1-2H3,(H2,15,16)(H,18,19). The Morgan fingerprint density at radius 2 is 2.19 bits per heavy atom. The SMILES string of the molecule is CCN(C(=O)c1ccc2nc(N)sc2c1)C(C)CC(=O)O. The van der Waals surface area contributed by atoms with Crippen molar-refractivity contribution >= 4 is 38.6 Å². The van der Waals surface area contributed by atoms with E-state index in [0.29, 0.717) is 17.2 Å². The van der Waals surface area contributed by atoms with Crippen LogP contribution in [0.1, 0.15) is 30.6 Å². The Bertz CT molecular complexity index is 683. The lowest BCUT2D eigenvalue weighted by Crippen LogP contribution is -2.39. The van der Waals surface area contributed by atoms with Crippen LogP contribution in [0.5, 0.6) is 0 Å².